The molecule has 0 saturated carbocycles. The maximum Gasteiger partial charge on any atom is 0.328 e. The summed E-state index contributed by atoms with van der Waals surface area (Å²) in [4.78, 5) is 43.7. The quantitative estimate of drug-likeness (QED) is 0.464. The Labute approximate surface area is 92.5 Å². The van der Waals surface area contributed by atoms with Crippen molar-refractivity contribution in [3.05, 3.63) is 0 Å². The first-order valence-electron chi connectivity index (χ1n) is 4.67. The largest absolute Gasteiger partial charge is 0.464 e. The van der Waals surface area contributed by atoms with Crippen LogP contribution in [-0.2, 0) is 23.9 Å². The van der Waals surface area contributed by atoms with E-state index in [-0.39, 0.29) is 6.61 Å². The number of carbonyl (C=O) groups is 4. The molecule has 0 fully saturated rings. The van der Waals surface area contributed by atoms with E-state index in [1.807, 2.05) is 0 Å². The van der Waals surface area contributed by atoms with Crippen molar-refractivity contribution in [2.45, 2.75) is 26.8 Å². The van der Waals surface area contributed by atoms with Crippen molar-refractivity contribution < 1.29 is 23.9 Å². The first kappa shape index (κ1) is 14.1. The summed E-state index contributed by atoms with van der Waals surface area (Å²) in [5.74, 6) is -3.46. The molecule has 0 heterocycles. The van der Waals surface area contributed by atoms with Crippen LogP contribution >= 0.6 is 0 Å². The van der Waals surface area contributed by atoms with Crippen molar-refractivity contribution >= 4 is 23.7 Å². The molecule has 0 aromatic rings. The molecule has 0 aliphatic heterocycles. The number of carbonyl (C=O) groups excluding carboxylic acids is 4. The fourth-order valence-corrected chi connectivity index (χ4v) is 0.805. The number of hydrogen-bond acceptors (Lipinski definition) is 5. The average molecular weight is 230 g/mol. The van der Waals surface area contributed by atoms with Crippen molar-refractivity contribution in [1.82, 2.24) is 10.6 Å². The molecule has 0 aromatic carbocycles. The molecule has 7 nitrogen and oxygen atoms in total. The Morgan fingerprint density at radius 1 is 1.19 bits per heavy atom. The third-order valence-corrected chi connectivity index (χ3v) is 1.48. The van der Waals surface area contributed by atoms with E-state index in [1.165, 1.54) is 6.92 Å². The number of ether oxygens (including phenoxy) is 1. The Morgan fingerprint density at radius 2 is 1.75 bits per heavy atom. The molecule has 2 N–H and O–H groups in total. The highest BCUT2D eigenvalue weighted by Gasteiger charge is 2.21. The summed E-state index contributed by atoms with van der Waals surface area (Å²) in [6.45, 7) is 4.27. The summed E-state index contributed by atoms with van der Waals surface area (Å²) in [5, 5.41) is 3.87. The van der Waals surface area contributed by atoms with Gasteiger partial charge in [0.2, 0.25) is 5.91 Å². The number of rotatable bonds is 3. The van der Waals surface area contributed by atoms with E-state index in [4.69, 9.17) is 0 Å². The first-order valence-corrected chi connectivity index (χ1v) is 4.67. The molecule has 0 aliphatic carbocycles. The molecule has 0 rings (SSSR count). The maximum atomic E-state index is 11.1. The summed E-state index contributed by atoms with van der Waals surface area (Å²) in [6, 6.07) is -0.940. The van der Waals surface area contributed by atoms with Crippen LogP contribution in [0.1, 0.15) is 20.8 Å². The normalized spacial score (nSPS) is 11.2. The van der Waals surface area contributed by atoms with E-state index in [0.717, 1.165) is 6.92 Å². The summed E-state index contributed by atoms with van der Waals surface area (Å²) in [7, 11) is 0. The van der Waals surface area contributed by atoms with E-state index in [0.29, 0.717) is 0 Å². The Bertz CT molecular complexity index is 313. The molecule has 7 heteroatoms. The Morgan fingerprint density at radius 3 is 2.19 bits per heavy atom. The molecule has 0 unspecified atom stereocenters. The van der Waals surface area contributed by atoms with Crippen LogP contribution in [0.25, 0.3) is 0 Å². The van der Waals surface area contributed by atoms with E-state index in [1.54, 1.807) is 12.2 Å². The van der Waals surface area contributed by atoms with Crippen LogP contribution in [0.5, 0.6) is 0 Å². The van der Waals surface area contributed by atoms with Gasteiger partial charge in [0.05, 0.1) is 6.61 Å². The van der Waals surface area contributed by atoms with Gasteiger partial charge in [0, 0.05) is 6.92 Å². The van der Waals surface area contributed by atoms with Gasteiger partial charge >= 0.3 is 17.8 Å². The van der Waals surface area contributed by atoms with Gasteiger partial charge in [0.15, 0.2) is 0 Å². The molecule has 0 saturated heterocycles. The van der Waals surface area contributed by atoms with Gasteiger partial charge < -0.3 is 10.1 Å². The topological polar surface area (TPSA) is 102 Å². The van der Waals surface area contributed by atoms with Crippen LogP contribution in [0.2, 0.25) is 0 Å². The van der Waals surface area contributed by atoms with Gasteiger partial charge in [-0.1, -0.05) is 0 Å². The predicted molar refractivity (Wildman–Crippen MR) is 53.1 cm³/mol. The molecule has 3 amide bonds. The molecular weight excluding hydrogens is 216 g/mol. The maximum absolute atomic E-state index is 11.1. The van der Waals surface area contributed by atoms with Crippen molar-refractivity contribution in [2.24, 2.45) is 0 Å². The number of imide groups is 1. The summed E-state index contributed by atoms with van der Waals surface area (Å²) in [6.07, 6.45) is 0. The zero-order valence-corrected chi connectivity index (χ0v) is 9.33. The highest BCUT2D eigenvalue weighted by atomic mass is 16.5. The van der Waals surface area contributed by atoms with Crippen LogP contribution in [0.4, 0.5) is 0 Å². The van der Waals surface area contributed by atoms with Crippen molar-refractivity contribution in [3.8, 4) is 0 Å². The summed E-state index contributed by atoms with van der Waals surface area (Å²) in [5.41, 5.74) is 0. The zero-order valence-electron chi connectivity index (χ0n) is 9.33. The molecule has 0 radical (unpaired) electrons. The molecule has 90 valence electrons. The standard InChI is InChI=1S/C9H14N2O5/c1-4-16-9(15)5(2)10-7(13)8(14)11-6(3)12/h5H,4H2,1-3H3,(H,10,13)(H,11,12,14)/t5-/m0/s1. The highest BCUT2D eigenvalue weighted by molar-refractivity contribution is 6.38. The van der Waals surface area contributed by atoms with Gasteiger partial charge in [0.25, 0.3) is 0 Å². The Balaban J connectivity index is 4.18. The lowest BCUT2D eigenvalue weighted by molar-refractivity contribution is -0.148. The van der Waals surface area contributed by atoms with Gasteiger partial charge in [-0.2, -0.15) is 0 Å². The van der Waals surface area contributed by atoms with Gasteiger partial charge in [-0.05, 0) is 13.8 Å². The molecule has 1 atom stereocenters. The van der Waals surface area contributed by atoms with Crippen molar-refractivity contribution in [2.75, 3.05) is 6.61 Å². The van der Waals surface area contributed by atoms with Gasteiger partial charge in [-0.25, -0.2) is 4.79 Å². The van der Waals surface area contributed by atoms with E-state index in [9.17, 15) is 19.2 Å². The summed E-state index contributed by atoms with van der Waals surface area (Å²) < 4.78 is 4.61. The fraction of sp³-hybridized carbons (Fsp3) is 0.556. The van der Waals surface area contributed by atoms with Crippen LogP contribution in [0.15, 0.2) is 0 Å². The smallest absolute Gasteiger partial charge is 0.328 e. The lowest BCUT2D eigenvalue weighted by Crippen LogP contribution is -2.47. The van der Waals surface area contributed by atoms with Crippen LogP contribution < -0.4 is 10.6 Å². The fourth-order valence-electron chi connectivity index (χ4n) is 0.805. The third-order valence-electron chi connectivity index (χ3n) is 1.48. The number of esters is 1. The van der Waals surface area contributed by atoms with E-state index in [2.05, 4.69) is 10.1 Å². The van der Waals surface area contributed by atoms with E-state index < -0.39 is 29.7 Å². The lowest BCUT2D eigenvalue weighted by Gasteiger charge is -2.11. The Kier molecular flexibility index (Phi) is 5.76. The van der Waals surface area contributed by atoms with Crippen LogP contribution in [0.3, 0.4) is 0 Å². The number of amides is 3. The first-order chi connectivity index (χ1) is 7.38. The molecule has 16 heavy (non-hydrogen) atoms. The zero-order chi connectivity index (χ0) is 12.7. The van der Waals surface area contributed by atoms with Gasteiger partial charge in [-0.15, -0.1) is 0 Å². The molecule has 0 aromatic heterocycles. The highest BCUT2D eigenvalue weighted by Crippen LogP contribution is 1.87. The van der Waals surface area contributed by atoms with Crippen LogP contribution in [0, 0.1) is 0 Å². The predicted octanol–water partition coefficient (Wildman–Crippen LogP) is -1.28. The molecule has 0 bridgehead atoms. The molecular formula is C9H14N2O5. The van der Waals surface area contributed by atoms with Gasteiger partial charge in [-0.3, -0.25) is 19.7 Å². The second-order valence-corrected chi connectivity index (χ2v) is 2.96. The summed E-state index contributed by atoms with van der Waals surface area (Å²) >= 11 is 0. The van der Waals surface area contributed by atoms with Crippen molar-refractivity contribution in [1.29, 1.82) is 0 Å². The monoisotopic (exact) mass is 230 g/mol. The minimum absolute atomic E-state index is 0.179. The lowest BCUT2D eigenvalue weighted by atomic mass is 10.3. The second-order valence-electron chi connectivity index (χ2n) is 2.96. The average Bonchev–Trinajstić information content (AvgIpc) is 2.16. The Hall–Kier alpha value is -1.92. The third kappa shape index (κ3) is 5.08. The second kappa shape index (κ2) is 6.54. The van der Waals surface area contributed by atoms with Gasteiger partial charge in [0.1, 0.15) is 6.04 Å². The SMILES string of the molecule is CCOC(=O)[C@H](C)NC(=O)C(=O)NC(C)=O. The molecule has 0 aliphatic rings. The minimum Gasteiger partial charge on any atom is -0.464 e. The minimum atomic E-state index is -1.11. The molecule has 0 spiro atoms. The van der Waals surface area contributed by atoms with Crippen molar-refractivity contribution in [3.63, 3.8) is 0 Å². The number of nitrogens with one attached hydrogen (secondary N) is 2. The number of hydrogen-bond donors (Lipinski definition) is 2. The van der Waals surface area contributed by atoms with E-state index >= 15 is 0 Å². The van der Waals surface area contributed by atoms with Crippen LogP contribution in [-0.4, -0.2) is 36.3 Å².